The van der Waals surface area contributed by atoms with Crippen LogP contribution >= 0.6 is 11.6 Å². The molecule has 1 aromatic carbocycles. The number of furan rings is 1. The van der Waals surface area contributed by atoms with Crippen molar-refractivity contribution in [3.63, 3.8) is 0 Å². The van der Waals surface area contributed by atoms with Gasteiger partial charge in [-0.25, -0.2) is 4.39 Å². The molecular weight excluding hydrogens is 289 g/mol. The lowest BCUT2D eigenvalue weighted by Crippen LogP contribution is -2.24. The third-order valence-electron chi connectivity index (χ3n) is 3.60. The number of hydrogen-bond acceptors (Lipinski definition) is 2. The van der Waals surface area contributed by atoms with Crippen LogP contribution in [0.5, 0.6) is 0 Å². The van der Waals surface area contributed by atoms with E-state index >= 15 is 0 Å². The Balaban J connectivity index is 2.48. The third kappa shape index (κ3) is 3.47. The summed E-state index contributed by atoms with van der Waals surface area (Å²) >= 11 is 6.28. The first kappa shape index (κ1) is 16.1. The molecule has 0 fully saturated rings. The number of hydrogen-bond donors (Lipinski definition) is 1. The van der Waals surface area contributed by atoms with E-state index in [0.717, 1.165) is 36.3 Å². The Bertz CT molecular complexity index is 609. The lowest BCUT2D eigenvalue weighted by Gasteiger charge is -2.21. The molecule has 0 saturated heterocycles. The van der Waals surface area contributed by atoms with Crippen LogP contribution in [-0.2, 0) is 6.42 Å². The van der Waals surface area contributed by atoms with Crippen LogP contribution in [0.3, 0.4) is 0 Å². The average molecular weight is 310 g/mol. The summed E-state index contributed by atoms with van der Waals surface area (Å²) in [7, 11) is 0. The fourth-order valence-electron chi connectivity index (χ4n) is 2.47. The normalized spacial score (nSPS) is 12.6. The fourth-order valence-corrected chi connectivity index (χ4v) is 2.73. The summed E-state index contributed by atoms with van der Waals surface area (Å²) in [4.78, 5) is 0. The van der Waals surface area contributed by atoms with Gasteiger partial charge in [0.05, 0.1) is 12.3 Å². The second-order valence-electron chi connectivity index (χ2n) is 5.16. The molecule has 0 spiro atoms. The van der Waals surface area contributed by atoms with Crippen molar-refractivity contribution in [2.75, 3.05) is 6.54 Å². The Morgan fingerprint density at radius 1 is 1.29 bits per heavy atom. The first-order chi connectivity index (χ1) is 10.1. The molecule has 1 atom stereocenters. The summed E-state index contributed by atoms with van der Waals surface area (Å²) in [6.45, 7) is 6.77. The zero-order valence-electron chi connectivity index (χ0n) is 12.7. The van der Waals surface area contributed by atoms with Crippen molar-refractivity contribution < 1.29 is 8.81 Å². The van der Waals surface area contributed by atoms with E-state index in [-0.39, 0.29) is 11.9 Å². The van der Waals surface area contributed by atoms with E-state index in [9.17, 15) is 4.39 Å². The van der Waals surface area contributed by atoms with Gasteiger partial charge in [0.15, 0.2) is 0 Å². The molecule has 1 unspecified atom stereocenters. The Morgan fingerprint density at radius 2 is 2.05 bits per heavy atom. The lowest BCUT2D eigenvalue weighted by molar-refractivity contribution is 0.499. The van der Waals surface area contributed by atoms with Crippen molar-refractivity contribution in [2.24, 2.45) is 0 Å². The van der Waals surface area contributed by atoms with Gasteiger partial charge in [-0.15, -0.1) is 0 Å². The Hall–Kier alpha value is -1.32. The van der Waals surface area contributed by atoms with Crippen LogP contribution in [0.25, 0.3) is 0 Å². The zero-order chi connectivity index (χ0) is 15.4. The van der Waals surface area contributed by atoms with Crippen LogP contribution in [0, 0.1) is 12.7 Å². The second kappa shape index (κ2) is 7.10. The molecule has 0 aliphatic heterocycles. The van der Waals surface area contributed by atoms with Crippen molar-refractivity contribution in [3.05, 3.63) is 57.8 Å². The number of halogens is 2. The van der Waals surface area contributed by atoms with E-state index in [2.05, 4.69) is 19.2 Å². The summed E-state index contributed by atoms with van der Waals surface area (Å²) in [6, 6.07) is 5.09. The molecule has 21 heavy (non-hydrogen) atoms. The van der Waals surface area contributed by atoms with E-state index < -0.39 is 0 Å². The van der Waals surface area contributed by atoms with Crippen LogP contribution in [0.15, 0.2) is 28.9 Å². The van der Waals surface area contributed by atoms with Crippen molar-refractivity contribution in [3.8, 4) is 0 Å². The van der Waals surface area contributed by atoms with Gasteiger partial charge in [-0.1, -0.05) is 25.4 Å². The fraction of sp³-hybridized carbons (Fsp3) is 0.412. The molecule has 2 nitrogen and oxygen atoms in total. The van der Waals surface area contributed by atoms with Gasteiger partial charge in [0.2, 0.25) is 0 Å². The topological polar surface area (TPSA) is 25.2 Å². The van der Waals surface area contributed by atoms with Crippen LogP contribution < -0.4 is 5.32 Å². The van der Waals surface area contributed by atoms with E-state index in [1.54, 1.807) is 13.2 Å². The Morgan fingerprint density at radius 3 is 2.71 bits per heavy atom. The molecule has 2 rings (SSSR count). The van der Waals surface area contributed by atoms with E-state index in [4.69, 9.17) is 16.0 Å². The first-order valence-corrected chi connectivity index (χ1v) is 7.71. The van der Waals surface area contributed by atoms with Gasteiger partial charge < -0.3 is 9.73 Å². The summed E-state index contributed by atoms with van der Waals surface area (Å²) in [5.74, 6) is 0.655. The second-order valence-corrected chi connectivity index (χ2v) is 5.57. The minimum atomic E-state index is -0.277. The molecule has 0 saturated carbocycles. The molecule has 1 heterocycles. The minimum absolute atomic E-state index is 0.0783. The van der Waals surface area contributed by atoms with Gasteiger partial charge in [-0.3, -0.25) is 0 Å². The van der Waals surface area contributed by atoms with Gasteiger partial charge in [-0.05, 0) is 49.2 Å². The van der Waals surface area contributed by atoms with Gasteiger partial charge in [0, 0.05) is 17.0 Å². The van der Waals surface area contributed by atoms with E-state index in [0.29, 0.717) is 10.6 Å². The molecular formula is C17H21ClFNO. The monoisotopic (exact) mass is 309 g/mol. The number of nitrogens with one attached hydrogen (secondary N) is 1. The zero-order valence-corrected chi connectivity index (χ0v) is 13.4. The summed E-state index contributed by atoms with van der Waals surface area (Å²) < 4.78 is 19.2. The molecule has 0 aliphatic rings. The predicted molar refractivity (Wildman–Crippen MR) is 84.4 cm³/mol. The van der Waals surface area contributed by atoms with Crippen molar-refractivity contribution in [2.45, 2.75) is 39.7 Å². The highest BCUT2D eigenvalue weighted by molar-refractivity contribution is 6.31. The number of rotatable bonds is 6. The molecule has 114 valence electrons. The highest BCUT2D eigenvalue weighted by atomic mass is 35.5. The quantitative estimate of drug-likeness (QED) is 0.809. The molecule has 1 N–H and O–H groups in total. The highest BCUT2D eigenvalue weighted by Crippen LogP contribution is 2.32. The van der Waals surface area contributed by atoms with E-state index in [1.165, 1.54) is 6.07 Å². The Kier molecular flexibility index (Phi) is 5.43. The molecule has 0 bridgehead atoms. The molecule has 2 aromatic rings. The maximum atomic E-state index is 13.6. The van der Waals surface area contributed by atoms with Gasteiger partial charge >= 0.3 is 0 Å². The third-order valence-corrected chi connectivity index (χ3v) is 3.93. The van der Waals surface area contributed by atoms with Crippen LogP contribution in [0.4, 0.5) is 4.39 Å². The largest absolute Gasteiger partial charge is 0.469 e. The Labute approximate surface area is 130 Å². The van der Waals surface area contributed by atoms with Gasteiger partial charge in [0.25, 0.3) is 0 Å². The SMILES string of the molecule is CCCNC(c1cc(C)c(F)cc1Cl)c1ccoc1CC. The molecule has 1 aromatic heterocycles. The molecule has 0 aliphatic carbocycles. The lowest BCUT2D eigenvalue weighted by atomic mass is 9.96. The van der Waals surface area contributed by atoms with Crippen LogP contribution in [-0.4, -0.2) is 6.54 Å². The van der Waals surface area contributed by atoms with Crippen LogP contribution in [0.2, 0.25) is 5.02 Å². The summed E-state index contributed by atoms with van der Waals surface area (Å²) in [6.07, 6.45) is 3.51. The first-order valence-electron chi connectivity index (χ1n) is 7.33. The van der Waals surface area contributed by atoms with Gasteiger partial charge in [0.1, 0.15) is 11.6 Å². The average Bonchev–Trinajstić information content (AvgIpc) is 2.93. The van der Waals surface area contributed by atoms with Crippen LogP contribution in [0.1, 0.15) is 48.8 Å². The van der Waals surface area contributed by atoms with E-state index in [1.807, 2.05) is 12.1 Å². The molecule has 4 heteroatoms. The minimum Gasteiger partial charge on any atom is -0.469 e. The maximum Gasteiger partial charge on any atom is 0.127 e. The smallest absolute Gasteiger partial charge is 0.127 e. The van der Waals surface area contributed by atoms with Crippen molar-refractivity contribution in [1.29, 1.82) is 0 Å². The van der Waals surface area contributed by atoms with Crippen molar-refractivity contribution in [1.82, 2.24) is 5.32 Å². The summed E-state index contributed by atoms with van der Waals surface area (Å²) in [5, 5.41) is 3.92. The van der Waals surface area contributed by atoms with Gasteiger partial charge in [-0.2, -0.15) is 0 Å². The molecule has 0 amide bonds. The number of benzene rings is 1. The predicted octanol–water partition coefficient (Wildman–Crippen LogP) is 5.03. The van der Waals surface area contributed by atoms with Crippen molar-refractivity contribution >= 4 is 11.6 Å². The summed E-state index contributed by atoms with van der Waals surface area (Å²) in [5.41, 5.74) is 2.55. The maximum absolute atomic E-state index is 13.6. The number of aryl methyl sites for hydroxylation is 2. The standard InChI is InChI=1S/C17H21ClFNO/c1-4-7-20-17(12-6-8-21-16(12)5-2)13-9-11(3)15(19)10-14(13)18/h6,8-10,17,20H,4-5,7H2,1-3H3. The molecule has 0 radical (unpaired) electrons. The highest BCUT2D eigenvalue weighted by Gasteiger charge is 2.22.